The number of hydrogen-bond acceptors (Lipinski definition) is 2. The maximum atomic E-state index is 3.56. The molecule has 0 bridgehead atoms. The van der Waals surface area contributed by atoms with E-state index in [0.29, 0.717) is 12.0 Å². The summed E-state index contributed by atoms with van der Waals surface area (Å²) in [7, 11) is 2.18. The van der Waals surface area contributed by atoms with Gasteiger partial charge in [-0.1, -0.05) is 39.0 Å². The summed E-state index contributed by atoms with van der Waals surface area (Å²) < 4.78 is 0. The SMILES string of the molecule is CCNC(CN(C)c1ccccc1C)C(C)C. The third-order valence-corrected chi connectivity index (χ3v) is 3.27. The van der Waals surface area contributed by atoms with E-state index in [1.54, 1.807) is 0 Å². The van der Waals surface area contributed by atoms with Gasteiger partial charge in [0.25, 0.3) is 0 Å². The molecule has 1 aromatic rings. The molecule has 96 valence electrons. The summed E-state index contributed by atoms with van der Waals surface area (Å²) in [5.41, 5.74) is 2.67. The van der Waals surface area contributed by atoms with Crippen molar-refractivity contribution in [1.82, 2.24) is 5.32 Å². The number of hydrogen-bond donors (Lipinski definition) is 1. The number of nitrogens with one attached hydrogen (secondary N) is 1. The van der Waals surface area contributed by atoms with Crippen LogP contribution in [0.25, 0.3) is 0 Å². The number of likely N-dealkylation sites (N-methyl/N-ethyl adjacent to an activating group) is 2. The first kappa shape index (κ1) is 14.0. The highest BCUT2D eigenvalue weighted by molar-refractivity contribution is 5.52. The van der Waals surface area contributed by atoms with Crippen LogP contribution in [0.4, 0.5) is 5.69 Å². The van der Waals surface area contributed by atoms with E-state index in [0.717, 1.165) is 13.1 Å². The number of benzene rings is 1. The molecule has 2 nitrogen and oxygen atoms in total. The Hall–Kier alpha value is -1.02. The lowest BCUT2D eigenvalue weighted by Crippen LogP contribution is -2.43. The molecule has 0 aliphatic rings. The Morgan fingerprint density at radius 2 is 1.88 bits per heavy atom. The van der Waals surface area contributed by atoms with E-state index in [-0.39, 0.29) is 0 Å². The van der Waals surface area contributed by atoms with Gasteiger partial charge >= 0.3 is 0 Å². The Labute approximate surface area is 106 Å². The van der Waals surface area contributed by atoms with E-state index < -0.39 is 0 Å². The van der Waals surface area contributed by atoms with Crippen LogP contribution in [0.5, 0.6) is 0 Å². The third-order valence-electron chi connectivity index (χ3n) is 3.27. The van der Waals surface area contributed by atoms with E-state index in [4.69, 9.17) is 0 Å². The van der Waals surface area contributed by atoms with Crippen LogP contribution in [0.1, 0.15) is 26.3 Å². The Morgan fingerprint density at radius 3 is 2.41 bits per heavy atom. The van der Waals surface area contributed by atoms with Gasteiger partial charge in [0.15, 0.2) is 0 Å². The van der Waals surface area contributed by atoms with Gasteiger partial charge in [0.2, 0.25) is 0 Å². The molecule has 1 aromatic carbocycles. The molecule has 0 radical (unpaired) electrons. The van der Waals surface area contributed by atoms with Crippen molar-refractivity contribution in [1.29, 1.82) is 0 Å². The topological polar surface area (TPSA) is 15.3 Å². The van der Waals surface area contributed by atoms with Gasteiger partial charge in [-0.3, -0.25) is 0 Å². The summed E-state index contributed by atoms with van der Waals surface area (Å²) in [5, 5.41) is 3.56. The summed E-state index contributed by atoms with van der Waals surface area (Å²) in [6.45, 7) is 11.0. The molecule has 0 amide bonds. The fourth-order valence-electron chi connectivity index (χ4n) is 2.16. The van der Waals surface area contributed by atoms with Crippen LogP contribution < -0.4 is 10.2 Å². The molecule has 0 saturated carbocycles. The second-order valence-electron chi connectivity index (χ2n) is 5.08. The Kier molecular flexibility index (Phi) is 5.49. The monoisotopic (exact) mass is 234 g/mol. The van der Waals surface area contributed by atoms with Crippen molar-refractivity contribution < 1.29 is 0 Å². The Bertz CT molecular complexity index is 333. The normalized spacial score (nSPS) is 12.8. The minimum Gasteiger partial charge on any atom is -0.373 e. The van der Waals surface area contributed by atoms with Crippen LogP contribution in [-0.2, 0) is 0 Å². The first-order chi connectivity index (χ1) is 8.06. The summed E-state index contributed by atoms with van der Waals surface area (Å²) in [6, 6.07) is 9.11. The molecular formula is C15H26N2. The number of para-hydroxylation sites is 1. The second-order valence-corrected chi connectivity index (χ2v) is 5.08. The highest BCUT2D eigenvalue weighted by atomic mass is 15.1. The number of nitrogens with zero attached hydrogens (tertiary/aromatic N) is 1. The fraction of sp³-hybridized carbons (Fsp3) is 0.600. The lowest BCUT2D eigenvalue weighted by Gasteiger charge is -2.29. The summed E-state index contributed by atoms with van der Waals surface area (Å²) in [5.74, 6) is 0.654. The van der Waals surface area contributed by atoms with Crippen molar-refractivity contribution in [2.75, 3.05) is 25.0 Å². The van der Waals surface area contributed by atoms with E-state index in [2.05, 4.69) is 69.2 Å². The van der Waals surface area contributed by atoms with Gasteiger partial charge in [-0.15, -0.1) is 0 Å². The molecule has 1 atom stereocenters. The van der Waals surface area contributed by atoms with Crippen molar-refractivity contribution in [2.24, 2.45) is 5.92 Å². The first-order valence-electron chi connectivity index (χ1n) is 6.56. The van der Waals surface area contributed by atoms with Crippen LogP contribution in [-0.4, -0.2) is 26.2 Å². The van der Waals surface area contributed by atoms with Gasteiger partial charge in [0.1, 0.15) is 0 Å². The average Bonchev–Trinajstić information content (AvgIpc) is 2.28. The summed E-state index contributed by atoms with van der Waals surface area (Å²) in [6.07, 6.45) is 0. The molecule has 0 spiro atoms. The lowest BCUT2D eigenvalue weighted by atomic mass is 10.0. The maximum absolute atomic E-state index is 3.56. The summed E-state index contributed by atoms with van der Waals surface area (Å²) >= 11 is 0. The molecular weight excluding hydrogens is 208 g/mol. The largest absolute Gasteiger partial charge is 0.373 e. The minimum atomic E-state index is 0.546. The van der Waals surface area contributed by atoms with Crippen molar-refractivity contribution >= 4 is 5.69 Å². The van der Waals surface area contributed by atoms with Gasteiger partial charge in [0.05, 0.1) is 0 Å². The van der Waals surface area contributed by atoms with Crippen LogP contribution in [0.3, 0.4) is 0 Å². The molecule has 1 rings (SSSR count). The van der Waals surface area contributed by atoms with E-state index in [1.165, 1.54) is 11.3 Å². The van der Waals surface area contributed by atoms with Crippen molar-refractivity contribution in [3.8, 4) is 0 Å². The molecule has 2 heteroatoms. The molecule has 0 saturated heterocycles. The van der Waals surface area contributed by atoms with Crippen LogP contribution >= 0.6 is 0 Å². The predicted molar refractivity (Wildman–Crippen MR) is 76.8 cm³/mol. The van der Waals surface area contributed by atoms with E-state index >= 15 is 0 Å². The van der Waals surface area contributed by atoms with Crippen molar-refractivity contribution in [3.63, 3.8) is 0 Å². The Balaban J connectivity index is 2.70. The molecule has 0 heterocycles. The predicted octanol–water partition coefficient (Wildman–Crippen LogP) is 3.07. The molecule has 1 N–H and O–H groups in total. The van der Waals surface area contributed by atoms with Gasteiger partial charge < -0.3 is 10.2 Å². The van der Waals surface area contributed by atoms with Crippen LogP contribution in [0.15, 0.2) is 24.3 Å². The molecule has 0 fully saturated rings. The average molecular weight is 234 g/mol. The number of anilines is 1. The van der Waals surface area contributed by atoms with E-state index in [1.807, 2.05) is 0 Å². The quantitative estimate of drug-likeness (QED) is 0.814. The third kappa shape index (κ3) is 4.04. The fourth-order valence-corrected chi connectivity index (χ4v) is 2.16. The van der Waals surface area contributed by atoms with Gasteiger partial charge in [-0.2, -0.15) is 0 Å². The maximum Gasteiger partial charge on any atom is 0.0393 e. The zero-order valence-electron chi connectivity index (χ0n) is 11.8. The highest BCUT2D eigenvalue weighted by Gasteiger charge is 2.15. The number of aryl methyl sites for hydroxylation is 1. The minimum absolute atomic E-state index is 0.546. The van der Waals surface area contributed by atoms with E-state index in [9.17, 15) is 0 Å². The zero-order chi connectivity index (χ0) is 12.8. The van der Waals surface area contributed by atoms with Gasteiger partial charge in [-0.25, -0.2) is 0 Å². The second kappa shape index (κ2) is 6.65. The van der Waals surface area contributed by atoms with Gasteiger partial charge in [0, 0.05) is 25.3 Å². The molecule has 17 heavy (non-hydrogen) atoms. The van der Waals surface area contributed by atoms with Crippen LogP contribution in [0, 0.1) is 12.8 Å². The number of rotatable bonds is 6. The highest BCUT2D eigenvalue weighted by Crippen LogP contribution is 2.18. The molecule has 0 aliphatic carbocycles. The van der Waals surface area contributed by atoms with Crippen molar-refractivity contribution in [2.45, 2.75) is 33.7 Å². The lowest BCUT2D eigenvalue weighted by molar-refractivity contribution is 0.410. The molecule has 0 aliphatic heterocycles. The standard InChI is InChI=1S/C15H26N2/c1-6-16-14(12(2)3)11-17(5)15-10-8-7-9-13(15)4/h7-10,12,14,16H,6,11H2,1-5H3. The first-order valence-corrected chi connectivity index (χ1v) is 6.56. The zero-order valence-corrected chi connectivity index (χ0v) is 11.8. The van der Waals surface area contributed by atoms with Crippen molar-refractivity contribution in [3.05, 3.63) is 29.8 Å². The molecule has 0 aromatic heterocycles. The smallest absolute Gasteiger partial charge is 0.0393 e. The Morgan fingerprint density at radius 1 is 1.24 bits per heavy atom. The van der Waals surface area contributed by atoms with Crippen LogP contribution in [0.2, 0.25) is 0 Å². The van der Waals surface area contributed by atoms with Gasteiger partial charge in [-0.05, 0) is 31.0 Å². The summed E-state index contributed by atoms with van der Waals surface area (Å²) in [4.78, 5) is 2.35. The molecule has 1 unspecified atom stereocenters.